The number of piperidine rings is 1. The number of aromatic nitrogens is 2. The molecular formula is C31H47N5O4. The third kappa shape index (κ3) is 8.22. The first-order valence-corrected chi connectivity index (χ1v) is 15.1. The molecule has 9 heteroatoms. The molecule has 2 aliphatic rings. The Balaban J connectivity index is 1.40. The molecule has 1 unspecified atom stereocenters. The van der Waals surface area contributed by atoms with Gasteiger partial charge in [-0.1, -0.05) is 44.7 Å². The fourth-order valence-electron chi connectivity index (χ4n) is 6.18. The molecule has 1 aromatic heterocycles. The highest BCUT2D eigenvalue weighted by Gasteiger charge is 2.44. The standard InChI is InChI=1S/C31H47N5O4/c1-3-4-20-40-31(25-8-6-5-7-9-25)15-18-36(19-16-31)29(37)28(21-24-10-12-27(39-2)13-11-24)35-30(38)33-17-14-26-22-32-23-34-26/h10-13,22-23,25,28H,3-9,14-21H2,1-2H3,(H,32,34)(H2,33,35,38). The highest BCUT2D eigenvalue weighted by Crippen LogP contribution is 2.42. The normalized spacial score (nSPS) is 18.2. The van der Waals surface area contributed by atoms with Crippen LogP contribution in [0.15, 0.2) is 36.8 Å². The smallest absolute Gasteiger partial charge is 0.315 e. The summed E-state index contributed by atoms with van der Waals surface area (Å²) in [5.74, 6) is 1.30. The summed E-state index contributed by atoms with van der Waals surface area (Å²) >= 11 is 0. The van der Waals surface area contributed by atoms with Crippen LogP contribution in [0.25, 0.3) is 0 Å². The third-order valence-electron chi connectivity index (χ3n) is 8.60. The zero-order chi connectivity index (χ0) is 28.2. The van der Waals surface area contributed by atoms with Crippen molar-refractivity contribution >= 4 is 11.9 Å². The quantitative estimate of drug-likeness (QED) is 0.314. The lowest BCUT2D eigenvalue weighted by Gasteiger charge is -2.48. The van der Waals surface area contributed by atoms with E-state index in [4.69, 9.17) is 9.47 Å². The first-order chi connectivity index (χ1) is 19.5. The average molecular weight is 554 g/mol. The zero-order valence-corrected chi connectivity index (χ0v) is 24.3. The van der Waals surface area contributed by atoms with Gasteiger partial charge in [-0.25, -0.2) is 9.78 Å². The number of unbranched alkanes of at least 4 members (excludes halogenated alkanes) is 1. The first-order valence-electron chi connectivity index (χ1n) is 15.1. The predicted molar refractivity (Wildman–Crippen MR) is 155 cm³/mol. The van der Waals surface area contributed by atoms with Gasteiger partial charge in [-0.2, -0.15) is 0 Å². The van der Waals surface area contributed by atoms with Crippen LogP contribution in [0.2, 0.25) is 0 Å². The van der Waals surface area contributed by atoms with E-state index < -0.39 is 6.04 Å². The van der Waals surface area contributed by atoms with Crippen molar-refractivity contribution in [3.8, 4) is 5.75 Å². The van der Waals surface area contributed by atoms with Crippen LogP contribution in [-0.4, -0.2) is 71.8 Å². The molecule has 1 atom stereocenters. The van der Waals surface area contributed by atoms with Gasteiger partial charge >= 0.3 is 6.03 Å². The second-order valence-corrected chi connectivity index (χ2v) is 11.3. The van der Waals surface area contributed by atoms with E-state index in [0.717, 1.165) is 49.3 Å². The number of hydrogen-bond acceptors (Lipinski definition) is 5. The largest absolute Gasteiger partial charge is 0.497 e. The van der Waals surface area contributed by atoms with Gasteiger partial charge in [-0.15, -0.1) is 0 Å². The Morgan fingerprint density at radius 3 is 2.55 bits per heavy atom. The molecule has 40 heavy (non-hydrogen) atoms. The molecule has 2 fully saturated rings. The van der Waals surface area contributed by atoms with Gasteiger partial charge in [-0.3, -0.25) is 4.79 Å². The number of urea groups is 1. The molecule has 0 bridgehead atoms. The number of nitrogens with one attached hydrogen (secondary N) is 3. The second-order valence-electron chi connectivity index (χ2n) is 11.3. The summed E-state index contributed by atoms with van der Waals surface area (Å²) in [7, 11) is 1.63. The Kier molecular flexibility index (Phi) is 11.3. The van der Waals surface area contributed by atoms with E-state index in [0.29, 0.717) is 38.4 Å². The van der Waals surface area contributed by atoms with Crippen LogP contribution in [0.4, 0.5) is 4.79 Å². The number of amides is 3. The number of nitrogens with zero attached hydrogens (tertiary/aromatic N) is 2. The van der Waals surface area contributed by atoms with Crippen LogP contribution in [-0.2, 0) is 22.4 Å². The molecular weight excluding hydrogens is 506 g/mol. The van der Waals surface area contributed by atoms with E-state index in [9.17, 15) is 9.59 Å². The minimum Gasteiger partial charge on any atom is -0.497 e. The Morgan fingerprint density at radius 2 is 1.90 bits per heavy atom. The van der Waals surface area contributed by atoms with Crippen molar-refractivity contribution < 1.29 is 19.1 Å². The number of likely N-dealkylation sites (tertiary alicyclic amines) is 1. The molecule has 1 saturated heterocycles. The number of H-pyrrole nitrogens is 1. The van der Waals surface area contributed by atoms with Crippen LogP contribution in [0.3, 0.4) is 0 Å². The highest BCUT2D eigenvalue weighted by molar-refractivity contribution is 5.87. The minimum absolute atomic E-state index is 0.0367. The molecule has 1 aliphatic carbocycles. The molecule has 0 radical (unpaired) electrons. The molecule has 4 rings (SSSR count). The lowest BCUT2D eigenvalue weighted by atomic mass is 9.72. The number of hydrogen-bond donors (Lipinski definition) is 3. The lowest BCUT2D eigenvalue weighted by Crippen LogP contribution is -2.57. The molecule has 9 nitrogen and oxygen atoms in total. The zero-order valence-electron chi connectivity index (χ0n) is 24.3. The van der Waals surface area contributed by atoms with Crippen molar-refractivity contribution in [2.45, 2.75) is 89.2 Å². The van der Waals surface area contributed by atoms with Gasteiger partial charge in [-0.05, 0) is 55.7 Å². The van der Waals surface area contributed by atoms with E-state index in [-0.39, 0.29) is 17.5 Å². The second kappa shape index (κ2) is 15.1. The number of rotatable bonds is 13. The van der Waals surface area contributed by atoms with Crippen molar-refractivity contribution in [1.29, 1.82) is 0 Å². The van der Waals surface area contributed by atoms with Gasteiger partial charge in [0.05, 0.1) is 19.0 Å². The number of benzene rings is 1. The van der Waals surface area contributed by atoms with Crippen LogP contribution in [0.1, 0.15) is 76.0 Å². The molecule has 2 aromatic rings. The Labute approximate surface area is 238 Å². The minimum atomic E-state index is -0.663. The molecule has 3 N–H and O–H groups in total. The number of ether oxygens (including phenoxy) is 2. The van der Waals surface area contributed by atoms with Gasteiger partial charge in [0.2, 0.25) is 5.91 Å². The molecule has 0 spiro atoms. The maximum Gasteiger partial charge on any atom is 0.315 e. The van der Waals surface area contributed by atoms with Crippen molar-refractivity contribution in [3.63, 3.8) is 0 Å². The van der Waals surface area contributed by atoms with E-state index in [1.165, 1.54) is 32.1 Å². The predicted octanol–water partition coefficient (Wildman–Crippen LogP) is 4.63. The molecule has 3 amide bonds. The average Bonchev–Trinajstić information content (AvgIpc) is 3.51. The summed E-state index contributed by atoms with van der Waals surface area (Å²) in [6.45, 7) is 4.75. The summed E-state index contributed by atoms with van der Waals surface area (Å²) in [6, 6.07) is 6.65. The fourth-order valence-corrected chi connectivity index (χ4v) is 6.18. The van der Waals surface area contributed by atoms with E-state index >= 15 is 0 Å². The number of carbonyl (C=O) groups excluding carboxylic acids is 2. The van der Waals surface area contributed by atoms with Crippen LogP contribution >= 0.6 is 0 Å². The Hall–Kier alpha value is -3.07. The van der Waals surface area contributed by atoms with E-state index in [2.05, 4.69) is 27.5 Å². The number of methoxy groups -OCH3 is 1. The summed E-state index contributed by atoms with van der Waals surface area (Å²) in [4.78, 5) is 35.7. The van der Waals surface area contributed by atoms with Crippen molar-refractivity contribution in [2.24, 2.45) is 5.92 Å². The summed E-state index contributed by atoms with van der Waals surface area (Å²) in [5.41, 5.74) is 1.78. The van der Waals surface area contributed by atoms with Gasteiger partial charge in [0.25, 0.3) is 0 Å². The monoisotopic (exact) mass is 553 g/mol. The first kappa shape index (κ1) is 29.9. The number of imidazole rings is 1. The molecule has 1 aliphatic heterocycles. The van der Waals surface area contributed by atoms with Gasteiger partial charge in [0.1, 0.15) is 11.8 Å². The third-order valence-corrected chi connectivity index (χ3v) is 8.60. The summed E-state index contributed by atoms with van der Waals surface area (Å²) in [6.07, 6.45) is 14.6. The lowest BCUT2D eigenvalue weighted by molar-refractivity contribution is -0.150. The van der Waals surface area contributed by atoms with Crippen molar-refractivity contribution in [1.82, 2.24) is 25.5 Å². The van der Waals surface area contributed by atoms with Crippen LogP contribution < -0.4 is 15.4 Å². The highest BCUT2D eigenvalue weighted by atomic mass is 16.5. The molecule has 220 valence electrons. The van der Waals surface area contributed by atoms with Crippen molar-refractivity contribution in [2.75, 3.05) is 33.4 Å². The maximum atomic E-state index is 13.9. The van der Waals surface area contributed by atoms with Crippen LogP contribution in [0, 0.1) is 5.92 Å². The number of carbonyl (C=O) groups is 2. The van der Waals surface area contributed by atoms with Crippen LogP contribution in [0.5, 0.6) is 5.75 Å². The fraction of sp³-hybridized carbons (Fsp3) is 0.645. The maximum absolute atomic E-state index is 13.9. The Morgan fingerprint density at radius 1 is 1.15 bits per heavy atom. The SMILES string of the molecule is CCCCOC1(C2CCCCC2)CCN(C(=O)C(Cc2ccc(OC)cc2)NC(=O)NCCc2cnc[nH]2)CC1. The summed E-state index contributed by atoms with van der Waals surface area (Å²) < 4.78 is 11.9. The Bertz CT molecular complexity index is 1030. The molecule has 1 aromatic carbocycles. The van der Waals surface area contributed by atoms with Crippen molar-refractivity contribution in [3.05, 3.63) is 48.0 Å². The molecule has 2 heterocycles. The topological polar surface area (TPSA) is 109 Å². The summed E-state index contributed by atoms with van der Waals surface area (Å²) in [5, 5.41) is 5.86. The molecule has 1 saturated carbocycles. The van der Waals surface area contributed by atoms with E-state index in [1.54, 1.807) is 19.6 Å². The number of aromatic amines is 1. The van der Waals surface area contributed by atoms with Gasteiger partial charge in [0, 0.05) is 51.0 Å². The van der Waals surface area contributed by atoms with Gasteiger partial charge in [0.15, 0.2) is 0 Å². The van der Waals surface area contributed by atoms with E-state index in [1.807, 2.05) is 29.2 Å². The van der Waals surface area contributed by atoms with Gasteiger partial charge < -0.3 is 30.0 Å².